The molecule has 0 aliphatic rings. The van der Waals surface area contributed by atoms with Crippen LogP contribution in [0.15, 0.2) is 40.7 Å². The third kappa shape index (κ3) is 7.67. The predicted molar refractivity (Wildman–Crippen MR) is 126 cm³/mol. The molecule has 0 spiro atoms. The van der Waals surface area contributed by atoms with E-state index in [0.717, 1.165) is 0 Å². The molecule has 1 aromatic heterocycles. The lowest BCUT2D eigenvalue weighted by Crippen LogP contribution is -2.43. The van der Waals surface area contributed by atoms with Crippen LogP contribution < -0.4 is 10.6 Å². The van der Waals surface area contributed by atoms with Gasteiger partial charge in [-0.15, -0.1) is 35.3 Å². The number of halogens is 2. The lowest BCUT2D eigenvalue weighted by molar-refractivity contribution is 0.518. The molecule has 156 valence electrons. The Morgan fingerprint density at radius 1 is 1.21 bits per heavy atom. The van der Waals surface area contributed by atoms with Crippen molar-refractivity contribution >= 4 is 51.1 Å². The number of sulfone groups is 1. The smallest absolute Gasteiger partial charge is 0.191 e. The highest BCUT2D eigenvalue weighted by atomic mass is 127. The highest BCUT2D eigenvalue weighted by molar-refractivity contribution is 14.0. The van der Waals surface area contributed by atoms with Crippen molar-refractivity contribution in [1.82, 2.24) is 10.6 Å². The first-order valence-corrected chi connectivity index (χ1v) is 11.5. The van der Waals surface area contributed by atoms with Crippen molar-refractivity contribution in [3.05, 3.63) is 57.5 Å². The first-order valence-electron chi connectivity index (χ1n) is 8.54. The zero-order chi connectivity index (χ0) is 20.1. The average Bonchev–Trinajstić information content (AvgIpc) is 3.11. The number of nitrogens with one attached hydrogen (secondary N) is 2. The minimum atomic E-state index is -3.21. The van der Waals surface area contributed by atoms with Gasteiger partial charge in [0, 0.05) is 36.7 Å². The lowest BCUT2D eigenvalue weighted by Gasteiger charge is -2.25. The number of rotatable bonds is 7. The van der Waals surface area contributed by atoms with Gasteiger partial charge in [-0.25, -0.2) is 12.8 Å². The van der Waals surface area contributed by atoms with E-state index in [1.165, 1.54) is 29.3 Å². The van der Waals surface area contributed by atoms with Crippen LogP contribution in [0.5, 0.6) is 0 Å². The molecule has 0 saturated carbocycles. The van der Waals surface area contributed by atoms with E-state index in [9.17, 15) is 12.8 Å². The van der Waals surface area contributed by atoms with Crippen molar-refractivity contribution in [1.29, 1.82) is 0 Å². The molecule has 0 saturated heterocycles. The molecular weight excluding hydrogens is 512 g/mol. The molecule has 0 fully saturated rings. The van der Waals surface area contributed by atoms with Gasteiger partial charge in [0.25, 0.3) is 0 Å². The maximum absolute atomic E-state index is 13.6. The van der Waals surface area contributed by atoms with Crippen LogP contribution in [-0.4, -0.2) is 34.2 Å². The Morgan fingerprint density at radius 3 is 2.50 bits per heavy atom. The Kier molecular flexibility index (Phi) is 9.35. The van der Waals surface area contributed by atoms with Crippen LogP contribution in [0.3, 0.4) is 0 Å². The van der Waals surface area contributed by atoms with E-state index >= 15 is 0 Å². The van der Waals surface area contributed by atoms with E-state index in [1.54, 1.807) is 18.4 Å². The summed E-state index contributed by atoms with van der Waals surface area (Å²) >= 11 is 1.71. The molecule has 0 unspecified atom stereocenters. The van der Waals surface area contributed by atoms with E-state index in [0.29, 0.717) is 23.6 Å². The highest BCUT2D eigenvalue weighted by Gasteiger charge is 2.22. The van der Waals surface area contributed by atoms with E-state index in [4.69, 9.17) is 0 Å². The van der Waals surface area contributed by atoms with E-state index in [2.05, 4.69) is 40.9 Å². The number of thiophene rings is 1. The van der Waals surface area contributed by atoms with Crippen LogP contribution in [-0.2, 0) is 27.5 Å². The molecule has 2 rings (SSSR count). The van der Waals surface area contributed by atoms with Crippen molar-refractivity contribution in [2.24, 2.45) is 4.99 Å². The topological polar surface area (TPSA) is 70.6 Å². The first-order chi connectivity index (χ1) is 12.6. The normalized spacial score (nSPS) is 12.4. The second-order valence-electron chi connectivity index (χ2n) is 7.12. The van der Waals surface area contributed by atoms with Crippen LogP contribution in [0.2, 0.25) is 0 Å². The molecule has 2 aromatic rings. The highest BCUT2D eigenvalue weighted by Crippen LogP contribution is 2.26. The van der Waals surface area contributed by atoms with Crippen molar-refractivity contribution in [2.45, 2.75) is 31.6 Å². The maximum Gasteiger partial charge on any atom is 0.191 e. The van der Waals surface area contributed by atoms with Gasteiger partial charge in [-0.3, -0.25) is 4.99 Å². The van der Waals surface area contributed by atoms with E-state index in [-0.39, 0.29) is 41.7 Å². The Morgan fingerprint density at radius 2 is 1.93 bits per heavy atom. The fraction of sp³-hybridized carbons (Fsp3) is 0.421. The lowest BCUT2D eigenvalue weighted by atomic mass is 9.91. The maximum atomic E-state index is 13.6. The fourth-order valence-electron chi connectivity index (χ4n) is 2.64. The molecule has 1 heterocycles. The van der Waals surface area contributed by atoms with E-state index < -0.39 is 15.7 Å². The standard InChI is InChI=1S/C19H26FN3O2S2.HI/c1-19(2,17-6-5-9-26-17)13-23-18(21-3)22-11-15-10-16(20)8-7-14(15)12-27(4,24)25;/h5-10H,11-13H2,1-4H3,(H2,21,22,23);1H. The first kappa shape index (κ1) is 24.8. The van der Waals surface area contributed by atoms with Gasteiger partial charge in [0.05, 0.1) is 5.75 Å². The summed E-state index contributed by atoms with van der Waals surface area (Å²) in [6.07, 6.45) is 1.17. The van der Waals surface area contributed by atoms with Crippen LogP contribution in [0.4, 0.5) is 4.39 Å². The summed E-state index contributed by atoms with van der Waals surface area (Å²) in [5, 5.41) is 8.47. The van der Waals surface area contributed by atoms with Gasteiger partial charge in [-0.05, 0) is 34.7 Å². The number of benzene rings is 1. The molecule has 0 aliphatic carbocycles. The summed E-state index contributed by atoms with van der Waals surface area (Å²) in [5.41, 5.74) is 1.12. The molecule has 5 nitrogen and oxygen atoms in total. The van der Waals surface area contributed by atoms with Gasteiger partial charge in [0.1, 0.15) is 5.82 Å². The molecule has 2 N–H and O–H groups in total. The zero-order valence-corrected chi connectivity index (χ0v) is 20.4. The third-order valence-electron chi connectivity index (χ3n) is 4.14. The fourth-order valence-corrected chi connectivity index (χ4v) is 4.34. The van der Waals surface area contributed by atoms with Crippen molar-refractivity contribution in [2.75, 3.05) is 19.8 Å². The van der Waals surface area contributed by atoms with Crippen LogP contribution in [0.1, 0.15) is 29.9 Å². The minimum Gasteiger partial charge on any atom is -0.356 e. The number of guanidine groups is 1. The SMILES string of the molecule is CN=C(NCc1cc(F)ccc1CS(C)(=O)=O)NCC(C)(C)c1cccs1.I. The summed E-state index contributed by atoms with van der Waals surface area (Å²) in [4.78, 5) is 5.47. The molecule has 1 aromatic carbocycles. The Bertz CT molecular complexity index is 898. The van der Waals surface area contributed by atoms with E-state index in [1.807, 2.05) is 6.07 Å². The summed E-state index contributed by atoms with van der Waals surface area (Å²) in [7, 11) is -1.54. The molecule has 0 aliphatic heterocycles. The Hall–Kier alpha value is -1.20. The summed E-state index contributed by atoms with van der Waals surface area (Å²) < 4.78 is 36.8. The van der Waals surface area contributed by atoms with Gasteiger partial charge in [-0.1, -0.05) is 26.0 Å². The average molecular weight is 539 g/mol. The molecule has 0 amide bonds. The van der Waals surface area contributed by atoms with Gasteiger partial charge in [-0.2, -0.15) is 0 Å². The van der Waals surface area contributed by atoms with Crippen molar-refractivity contribution in [3.8, 4) is 0 Å². The van der Waals surface area contributed by atoms with Crippen LogP contribution in [0.25, 0.3) is 0 Å². The Balaban J connectivity index is 0.00000392. The monoisotopic (exact) mass is 539 g/mol. The summed E-state index contributed by atoms with van der Waals surface area (Å²) in [5.74, 6) is 0.0573. The summed E-state index contributed by atoms with van der Waals surface area (Å²) in [6.45, 7) is 5.25. The molecule has 9 heteroatoms. The van der Waals surface area contributed by atoms with Gasteiger partial charge >= 0.3 is 0 Å². The molecule has 0 radical (unpaired) electrons. The number of aliphatic imine (C=N–C) groups is 1. The quantitative estimate of drug-likeness (QED) is 0.320. The van der Waals surface area contributed by atoms with Crippen molar-refractivity contribution < 1.29 is 12.8 Å². The molecule has 0 atom stereocenters. The number of hydrogen-bond acceptors (Lipinski definition) is 4. The molecule has 0 bridgehead atoms. The minimum absolute atomic E-state index is 0. The zero-order valence-electron chi connectivity index (χ0n) is 16.5. The molecular formula is C19H27FIN3O2S2. The number of hydrogen-bond donors (Lipinski definition) is 2. The van der Waals surface area contributed by atoms with Crippen LogP contribution >= 0.6 is 35.3 Å². The predicted octanol–water partition coefficient (Wildman–Crippen LogP) is 3.69. The van der Waals surface area contributed by atoms with Gasteiger partial charge in [0.2, 0.25) is 0 Å². The third-order valence-corrected chi connectivity index (χ3v) is 6.21. The van der Waals surface area contributed by atoms with Gasteiger partial charge in [0.15, 0.2) is 15.8 Å². The van der Waals surface area contributed by atoms with Gasteiger partial charge < -0.3 is 10.6 Å². The van der Waals surface area contributed by atoms with Crippen molar-refractivity contribution in [3.63, 3.8) is 0 Å². The second-order valence-corrected chi connectivity index (χ2v) is 10.2. The van der Waals surface area contributed by atoms with Crippen LogP contribution in [0, 0.1) is 5.82 Å². The second kappa shape index (κ2) is 10.5. The number of nitrogens with zero attached hydrogens (tertiary/aromatic N) is 1. The molecule has 28 heavy (non-hydrogen) atoms. The largest absolute Gasteiger partial charge is 0.356 e. The Labute approximate surface area is 187 Å². The summed E-state index contributed by atoms with van der Waals surface area (Å²) in [6, 6.07) is 8.29.